The zero-order chi connectivity index (χ0) is 13.7. The van der Waals surface area contributed by atoms with Gasteiger partial charge in [0.1, 0.15) is 0 Å². The minimum absolute atomic E-state index is 0.00769. The number of aliphatic hydroxyl groups excluding tert-OH is 1. The van der Waals surface area contributed by atoms with Crippen molar-refractivity contribution in [1.82, 2.24) is 4.90 Å². The van der Waals surface area contributed by atoms with E-state index in [1.54, 1.807) is 12.1 Å². The molecule has 1 aliphatic carbocycles. The third-order valence-electron chi connectivity index (χ3n) is 3.65. The topological polar surface area (TPSA) is 78.6 Å². The number of carbonyl (C=O) groups is 1. The van der Waals surface area contributed by atoms with Crippen molar-refractivity contribution in [3.05, 3.63) is 29.8 Å². The summed E-state index contributed by atoms with van der Waals surface area (Å²) < 4.78 is 0. The fourth-order valence-electron chi connectivity index (χ4n) is 2.34. The second-order valence-electron chi connectivity index (χ2n) is 4.85. The van der Waals surface area contributed by atoms with Crippen molar-refractivity contribution in [2.45, 2.75) is 31.7 Å². The third-order valence-corrected chi connectivity index (χ3v) is 3.65. The average Bonchev–Trinajstić information content (AvgIpc) is 2.40. The number of nitrogens with one attached hydrogen (secondary N) is 1. The van der Waals surface area contributed by atoms with Crippen LogP contribution in [0.3, 0.4) is 0 Å². The molecule has 0 radical (unpaired) electrons. The molecule has 0 spiro atoms. The monoisotopic (exact) mass is 263 g/mol. The zero-order valence-electron chi connectivity index (χ0n) is 11.0. The van der Waals surface area contributed by atoms with Crippen LogP contribution in [0.1, 0.15) is 36.0 Å². The molecule has 0 heterocycles. The number of amides is 1. The number of hydrazine groups is 1. The Balaban J connectivity index is 2.17. The number of nitrogens with zero attached hydrogens (tertiary/aromatic N) is 1. The van der Waals surface area contributed by atoms with Gasteiger partial charge >= 0.3 is 0 Å². The number of para-hydroxylation sites is 1. The first-order chi connectivity index (χ1) is 9.27. The lowest BCUT2D eigenvalue weighted by atomic mass is 9.90. The predicted octanol–water partition coefficient (Wildman–Crippen LogP) is 1.35. The lowest BCUT2D eigenvalue weighted by molar-refractivity contribution is 0.0563. The van der Waals surface area contributed by atoms with E-state index >= 15 is 0 Å². The van der Waals surface area contributed by atoms with E-state index in [1.165, 1.54) is 6.42 Å². The second kappa shape index (κ2) is 6.54. The maximum absolute atomic E-state index is 12.6. The van der Waals surface area contributed by atoms with E-state index in [4.69, 9.17) is 10.9 Å². The molecule has 0 aromatic heterocycles. The molecule has 1 aromatic rings. The lowest BCUT2D eigenvalue weighted by Crippen LogP contribution is -2.45. The first kappa shape index (κ1) is 13.8. The molecule has 1 saturated carbocycles. The number of nitrogen functional groups attached to an aromatic ring is 1. The van der Waals surface area contributed by atoms with Crippen molar-refractivity contribution >= 4 is 11.6 Å². The molecule has 104 valence electrons. The minimum Gasteiger partial charge on any atom is -0.396 e. The smallest absolute Gasteiger partial charge is 0.256 e. The van der Waals surface area contributed by atoms with Crippen LogP contribution in [0.25, 0.3) is 0 Å². The molecular weight excluding hydrogens is 242 g/mol. The van der Waals surface area contributed by atoms with Crippen LogP contribution in [0.4, 0.5) is 5.69 Å². The molecule has 0 aliphatic heterocycles. The van der Waals surface area contributed by atoms with Crippen LogP contribution in [0.15, 0.2) is 24.3 Å². The highest BCUT2D eigenvalue weighted by atomic mass is 16.3. The first-order valence-electron chi connectivity index (χ1n) is 6.75. The molecule has 5 heteroatoms. The normalized spacial score (nSPS) is 14.8. The largest absolute Gasteiger partial charge is 0.396 e. The SMILES string of the molecule is NNc1ccccc1C(=O)N(CCCO)C1CCC1. The summed E-state index contributed by atoms with van der Waals surface area (Å²) >= 11 is 0. The molecule has 0 unspecified atom stereocenters. The molecule has 1 fully saturated rings. The Bertz CT molecular complexity index is 432. The minimum atomic E-state index is -0.00769. The highest BCUT2D eigenvalue weighted by Crippen LogP contribution is 2.27. The Morgan fingerprint density at radius 2 is 2.16 bits per heavy atom. The van der Waals surface area contributed by atoms with E-state index in [2.05, 4.69) is 5.43 Å². The number of rotatable bonds is 6. The van der Waals surface area contributed by atoms with Gasteiger partial charge in [0.15, 0.2) is 0 Å². The van der Waals surface area contributed by atoms with Gasteiger partial charge < -0.3 is 15.4 Å². The molecule has 5 nitrogen and oxygen atoms in total. The summed E-state index contributed by atoms with van der Waals surface area (Å²) in [4.78, 5) is 14.5. The summed E-state index contributed by atoms with van der Waals surface area (Å²) in [5.41, 5.74) is 3.80. The van der Waals surface area contributed by atoms with Gasteiger partial charge in [0, 0.05) is 19.2 Å². The molecular formula is C14H21N3O2. The van der Waals surface area contributed by atoms with Crippen molar-refractivity contribution in [2.75, 3.05) is 18.6 Å². The summed E-state index contributed by atoms with van der Waals surface area (Å²) in [5, 5.41) is 8.97. The van der Waals surface area contributed by atoms with Crippen LogP contribution in [0, 0.1) is 0 Å². The number of nitrogens with two attached hydrogens (primary N) is 1. The van der Waals surface area contributed by atoms with Crippen molar-refractivity contribution < 1.29 is 9.90 Å². The number of hydrogen-bond acceptors (Lipinski definition) is 4. The zero-order valence-corrected chi connectivity index (χ0v) is 11.0. The van der Waals surface area contributed by atoms with Gasteiger partial charge in [-0.1, -0.05) is 12.1 Å². The predicted molar refractivity (Wildman–Crippen MR) is 74.6 cm³/mol. The molecule has 19 heavy (non-hydrogen) atoms. The summed E-state index contributed by atoms with van der Waals surface area (Å²) in [7, 11) is 0. The van der Waals surface area contributed by atoms with Gasteiger partial charge in [-0.15, -0.1) is 0 Å². The molecule has 1 aliphatic rings. The van der Waals surface area contributed by atoms with E-state index in [0.29, 0.717) is 30.3 Å². The summed E-state index contributed by atoms with van der Waals surface area (Å²) in [6.45, 7) is 0.701. The standard InChI is InChI=1S/C14H21N3O2/c15-16-13-8-2-1-7-12(13)14(19)17(9-4-10-18)11-5-3-6-11/h1-2,7-8,11,16,18H,3-6,9-10,15H2. The van der Waals surface area contributed by atoms with Gasteiger partial charge in [0.2, 0.25) is 0 Å². The number of anilines is 1. The molecule has 4 N–H and O–H groups in total. The fourth-order valence-corrected chi connectivity index (χ4v) is 2.34. The number of carbonyl (C=O) groups excluding carboxylic acids is 1. The van der Waals surface area contributed by atoms with E-state index in [-0.39, 0.29) is 12.5 Å². The van der Waals surface area contributed by atoms with Crippen LogP contribution in [-0.2, 0) is 0 Å². The molecule has 0 atom stereocenters. The Kier molecular flexibility index (Phi) is 4.76. The molecule has 1 amide bonds. The summed E-state index contributed by atoms with van der Waals surface area (Å²) in [6.07, 6.45) is 3.88. The van der Waals surface area contributed by atoms with E-state index < -0.39 is 0 Å². The Hall–Kier alpha value is -1.59. The molecule has 2 rings (SSSR count). The van der Waals surface area contributed by atoms with Crippen molar-refractivity contribution in [3.63, 3.8) is 0 Å². The molecule has 0 bridgehead atoms. The number of benzene rings is 1. The lowest BCUT2D eigenvalue weighted by Gasteiger charge is -2.38. The summed E-state index contributed by atoms with van der Waals surface area (Å²) in [5.74, 6) is 5.44. The molecule has 1 aromatic carbocycles. The van der Waals surface area contributed by atoms with Gasteiger partial charge in [0.25, 0.3) is 5.91 Å². The van der Waals surface area contributed by atoms with Crippen molar-refractivity contribution in [1.29, 1.82) is 0 Å². The van der Waals surface area contributed by atoms with E-state index in [0.717, 1.165) is 12.8 Å². The van der Waals surface area contributed by atoms with Crippen LogP contribution in [0.5, 0.6) is 0 Å². The van der Waals surface area contributed by atoms with Gasteiger partial charge in [-0.25, -0.2) is 0 Å². The van der Waals surface area contributed by atoms with Crippen LogP contribution in [0.2, 0.25) is 0 Å². The van der Waals surface area contributed by atoms with Crippen molar-refractivity contribution in [2.24, 2.45) is 5.84 Å². The fraction of sp³-hybridized carbons (Fsp3) is 0.500. The van der Waals surface area contributed by atoms with Crippen LogP contribution < -0.4 is 11.3 Å². The Labute approximate surface area is 113 Å². The maximum Gasteiger partial charge on any atom is 0.256 e. The highest BCUT2D eigenvalue weighted by molar-refractivity contribution is 5.99. The molecule has 0 saturated heterocycles. The van der Waals surface area contributed by atoms with Crippen LogP contribution >= 0.6 is 0 Å². The Morgan fingerprint density at radius 3 is 2.74 bits per heavy atom. The van der Waals surface area contributed by atoms with Crippen LogP contribution in [-0.4, -0.2) is 35.1 Å². The highest BCUT2D eigenvalue weighted by Gasteiger charge is 2.29. The average molecular weight is 263 g/mol. The summed E-state index contributed by atoms with van der Waals surface area (Å²) in [6, 6.07) is 7.55. The maximum atomic E-state index is 12.6. The van der Waals surface area contributed by atoms with E-state index in [1.807, 2.05) is 17.0 Å². The van der Waals surface area contributed by atoms with Gasteiger partial charge in [-0.2, -0.15) is 0 Å². The number of aliphatic hydroxyl groups is 1. The quantitative estimate of drug-likeness (QED) is 0.535. The second-order valence-corrected chi connectivity index (χ2v) is 4.85. The van der Waals surface area contributed by atoms with Gasteiger partial charge in [-0.05, 0) is 37.8 Å². The third kappa shape index (κ3) is 3.05. The first-order valence-corrected chi connectivity index (χ1v) is 6.75. The van der Waals surface area contributed by atoms with Gasteiger partial charge in [0.05, 0.1) is 11.3 Å². The Morgan fingerprint density at radius 1 is 1.42 bits per heavy atom. The van der Waals surface area contributed by atoms with Gasteiger partial charge in [-0.3, -0.25) is 10.6 Å². The van der Waals surface area contributed by atoms with Crippen molar-refractivity contribution in [3.8, 4) is 0 Å². The number of hydrogen-bond donors (Lipinski definition) is 3. The van der Waals surface area contributed by atoms with E-state index in [9.17, 15) is 4.79 Å².